The van der Waals surface area contributed by atoms with Crippen LogP contribution in [-0.2, 0) is 0 Å². The lowest BCUT2D eigenvalue weighted by Gasteiger charge is -1.99. The smallest absolute Gasteiger partial charge is 0.153 e. The van der Waals surface area contributed by atoms with Crippen LogP contribution in [-0.4, -0.2) is 15.2 Å². The summed E-state index contributed by atoms with van der Waals surface area (Å²) in [5.74, 6) is 1.54. The summed E-state index contributed by atoms with van der Waals surface area (Å²) in [5, 5.41) is 10.4. The molecule has 0 aliphatic heterocycles. The van der Waals surface area contributed by atoms with Crippen molar-refractivity contribution in [3.63, 3.8) is 0 Å². The van der Waals surface area contributed by atoms with E-state index in [1.807, 2.05) is 54.6 Å². The van der Waals surface area contributed by atoms with Crippen molar-refractivity contribution in [3.8, 4) is 11.3 Å². The molecule has 1 aromatic carbocycles. The van der Waals surface area contributed by atoms with Gasteiger partial charge in [0.1, 0.15) is 5.82 Å². The zero-order chi connectivity index (χ0) is 12.2. The van der Waals surface area contributed by atoms with Gasteiger partial charge in [0, 0.05) is 12.3 Å². The standard InChI is InChI=1S/C14H12N4/c1-2-6-11(7-3-1)12-10-14(18-17-12)16-13-8-4-5-9-15-13/h1-10H,(H2,15,16,17,18). The SMILES string of the molecule is c1ccc(-c2cc(Nc3ccccn3)n[nH]2)cc1. The molecule has 2 aromatic heterocycles. The normalized spacial score (nSPS) is 10.2. The number of nitrogens with zero attached hydrogens (tertiary/aromatic N) is 2. The first-order chi connectivity index (χ1) is 8.92. The van der Waals surface area contributed by atoms with Gasteiger partial charge in [0.25, 0.3) is 0 Å². The Morgan fingerprint density at radius 1 is 0.889 bits per heavy atom. The first-order valence-electron chi connectivity index (χ1n) is 5.71. The van der Waals surface area contributed by atoms with Gasteiger partial charge in [0.05, 0.1) is 5.69 Å². The molecule has 0 saturated heterocycles. The number of anilines is 2. The van der Waals surface area contributed by atoms with E-state index in [0.717, 1.165) is 22.9 Å². The maximum Gasteiger partial charge on any atom is 0.153 e. The Balaban J connectivity index is 1.82. The van der Waals surface area contributed by atoms with E-state index in [-0.39, 0.29) is 0 Å². The van der Waals surface area contributed by atoms with E-state index >= 15 is 0 Å². The second-order valence-electron chi connectivity index (χ2n) is 3.87. The van der Waals surface area contributed by atoms with E-state index in [1.165, 1.54) is 0 Å². The minimum Gasteiger partial charge on any atom is -0.323 e. The monoisotopic (exact) mass is 236 g/mol. The lowest BCUT2D eigenvalue weighted by atomic mass is 10.2. The quantitative estimate of drug-likeness (QED) is 0.734. The van der Waals surface area contributed by atoms with Crippen molar-refractivity contribution in [3.05, 3.63) is 60.8 Å². The third kappa shape index (κ3) is 2.22. The van der Waals surface area contributed by atoms with Gasteiger partial charge in [-0.1, -0.05) is 36.4 Å². The number of pyridine rings is 1. The Kier molecular flexibility index (Phi) is 2.75. The van der Waals surface area contributed by atoms with Crippen molar-refractivity contribution in [2.75, 3.05) is 5.32 Å². The van der Waals surface area contributed by atoms with Gasteiger partial charge in [0.15, 0.2) is 5.82 Å². The molecule has 0 bridgehead atoms. The van der Waals surface area contributed by atoms with Crippen molar-refractivity contribution >= 4 is 11.6 Å². The third-order valence-electron chi connectivity index (χ3n) is 2.58. The molecule has 0 atom stereocenters. The zero-order valence-electron chi connectivity index (χ0n) is 9.67. The summed E-state index contributed by atoms with van der Waals surface area (Å²) in [6, 6.07) is 17.7. The summed E-state index contributed by atoms with van der Waals surface area (Å²) in [7, 11) is 0. The van der Waals surface area contributed by atoms with Gasteiger partial charge in [-0.3, -0.25) is 5.10 Å². The number of rotatable bonds is 3. The molecule has 0 fully saturated rings. The molecular weight excluding hydrogens is 224 g/mol. The molecule has 4 nitrogen and oxygen atoms in total. The Labute approximate surface area is 105 Å². The van der Waals surface area contributed by atoms with E-state index in [0.29, 0.717) is 0 Å². The Morgan fingerprint density at radius 3 is 2.50 bits per heavy atom. The molecule has 0 unspecified atom stereocenters. The van der Waals surface area contributed by atoms with Crippen molar-refractivity contribution < 1.29 is 0 Å². The molecule has 4 heteroatoms. The molecule has 88 valence electrons. The number of aromatic nitrogens is 3. The molecule has 18 heavy (non-hydrogen) atoms. The van der Waals surface area contributed by atoms with Crippen LogP contribution in [0.1, 0.15) is 0 Å². The first kappa shape index (κ1) is 10.5. The van der Waals surface area contributed by atoms with Gasteiger partial charge in [-0.25, -0.2) is 4.98 Å². The number of nitrogens with one attached hydrogen (secondary N) is 2. The summed E-state index contributed by atoms with van der Waals surface area (Å²) in [6.45, 7) is 0. The minimum absolute atomic E-state index is 0.757. The van der Waals surface area contributed by atoms with Crippen LogP contribution >= 0.6 is 0 Å². The van der Waals surface area contributed by atoms with Gasteiger partial charge >= 0.3 is 0 Å². The topological polar surface area (TPSA) is 53.6 Å². The summed E-state index contributed by atoms with van der Waals surface area (Å²) in [5.41, 5.74) is 2.09. The van der Waals surface area contributed by atoms with Crippen LogP contribution in [0.25, 0.3) is 11.3 Å². The van der Waals surface area contributed by atoms with Crippen LogP contribution in [0.2, 0.25) is 0 Å². The van der Waals surface area contributed by atoms with Gasteiger partial charge in [0.2, 0.25) is 0 Å². The zero-order valence-corrected chi connectivity index (χ0v) is 9.67. The molecule has 0 amide bonds. The fourth-order valence-corrected chi connectivity index (χ4v) is 1.72. The highest BCUT2D eigenvalue weighted by molar-refractivity contribution is 5.64. The highest BCUT2D eigenvalue weighted by atomic mass is 15.2. The fourth-order valence-electron chi connectivity index (χ4n) is 1.72. The largest absolute Gasteiger partial charge is 0.323 e. The lowest BCUT2D eigenvalue weighted by molar-refractivity contribution is 1.09. The molecule has 0 spiro atoms. The van der Waals surface area contributed by atoms with E-state index in [4.69, 9.17) is 0 Å². The number of aromatic amines is 1. The maximum absolute atomic E-state index is 4.21. The van der Waals surface area contributed by atoms with E-state index in [1.54, 1.807) is 6.20 Å². The summed E-state index contributed by atoms with van der Waals surface area (Å²) < 4.78 is 0. The highest BCUT2D eigenvalue weighted by Crippen LogP contribution is 2.20. The fraction of sp³-hybridized carbons (Fsp3) is 0. The molecular formula is C14H12N4. The summed E-state index contributed by atoms with van der Waals surface area (Å²) in [6.07, 6.45) is 1.74. The Bertz CT molecular complexity index is 617. The Morgan fingerprint density at radius 2 is 1.72 bits per heavy atom. The van der Waals surface area contributed by atoms with Gasteiger partial charge in [-0.05, 0) is 17.7 Å². The molecule has 0 radical (unpaired) electrons. The predicted octanol–water partition coefficient (Wildman–Crippen LogP) is 3.22. The van der Waals surface area contributed by atoms with Crippen molar-refractivity contribution in [2.24, 2.45) is 0 Å². The molecule has 0 aliphatic rings. The Hall–Kier alpha value is -2.62. The first-order valence-corrected chi connectivity index (χ1v) is 5.71. The molecule has 0 saturated carbocycles. The average Bonchev–Trinajstić information content (AvgIpc) is 2.89. The van der Waals surface area contributed by atoms with Crippen LogP contribution in [0, 0.1) is 0 Å². The average molecular weight is 236 g/mol. The van der Waals surface area contributed by atoms with E-state index < -0.39 is 0 Å². The number of H-pyrrole nitrogens is 1. The van der Waals surface area contributed by atoms with Crippen molar-refractivity contribution in [1.29, 1.82) is 0 Å². The third-order valence-corrected chi connectivity index (χ3v) is 2.58. The van der Waals surface area contributed by atoms with Crippen LogP contribution in [0.3, 0.4) is 0 Å². The number of hydrogen-bond acceptors (Lipinski definition) is 3. The molecule has 2 N–H and O–H groups in total. The van der Waals surface area contributed by atoms with E-state index in [2.05, 4.69) is 20.5 Å². The molecule has 3 rings (SSSR count). The van der Waals surface area contributed by atoms with Gasteiger partial charge in [-0.15, -0.1) is 0 Å². The highest BCUT2D eigenvalue weighted by Gasteiger charge is 2.03. The lowest BCUT2D eigenvalue weighted by Crippen LogP contribution is -1.92. The predicted molar refractivity (Wildman–Crippen MR) is 71.5 cm³/mol. The maximum atomic E-state index is 4.21. The number of hydrogen-bond donors (Lipinski definition) is 2. The summed E-state index contributed by atoms with van der Waals surface area (Å²) >= 11 is 0. The van der Waals surface area contributed by atoms with E-state index in [9.17, 15) is 0 Å². The van der Waals surface area contributed by atoms with Gasteiger partial charge in [-0.2, -0.15) is 5.10 Å². The van der Waals surface area contributed by atoms with Crippen LogP contribution in [0.4, 0.5) is 11.6 Å². The minimum atomic E-state index is 0.757. The van der Waals surface area contributed by atoms with Crippen molar-refractivity contribution in [1.82, 2.24) is 15.2 Å². The molecule has 0 aliphatic carbocycles. The second kappa shape index (κ2) is 4.71. The summed E-state index contributed by atoms with van der Waals surface area (Å²) in [4.78, 5) is 4.19. The second-order valence-corrected chi connectivity index (χ2v) is 3.87. The van der Waals surface area contributed by atoms with Gasteiger partial charge < -0.3 is 5.32 Å². The number of benzene rings is 1. The van der Waals surface area contributed by atoms with Crippen LogP contribution in [0.15, 0.2) is 60.8 Å². The van der Waals surface area contributed by atoms with Crippen LogP contribution in [0.5, 0.6) is 0 Å². The molecule has 3 aromatic rings. The van der Waals surface area contributed by atoms with Crippen molar-refractivity contribution in [2.45, 2.75) is 0 Å². The molecule has 2 heterocycles. The van der Waals surface area contributed by atoms with Crippen LogP contribution < -0.4 is 5.32 Å².